The summed E-state index contributed by atoms with van der Waals surface area (Å²) >= 11 is 0. The summed E-state index contributed by atoms with van der Waals surface area (Å²) in [5.41, 5.74) is 0.889. The summed E-state index contributed by atoms with van der Waals surface area (Å²) in [5, 5.41) is 11.9. The molecule has 0 saturated carbocycles. The normalized spacial score (nSPS) is 11.9. The molecule has 0 saturated heterocycles. The third-order valence-electron chi connectivity index (χ3n) is 2.46. The molecule has 0 radical (unpaired) electrons. The predicted octanol–water partition coefficient (Wildman–Crippen LogP) is 1.28. The molecule has 0 aliphatic heterocycles. The zero-order valence-corrected chi connectivity index (χ0v) is 11.6. The van der Waals surface area contributed by atoms with Gasteiger partial charge in [0, 0.05) is 13.5 Å². The number of alkyl carbamates (subject to hydrolysis) is 1. The van der Waals surface area contributed by atoms with Crippen molar-refractivity contribution in [1.82, 2.24) is 5.32 Å². The maximum absolute atomic E-state index is 11.4. The highest BCUT2D eigenvalue weighted by molar-refractivity contribution is 5.67. The van der Waals surface area contributed by atoms with Crippen molar-refractivity contribution < 1.29 is 24.1 Å². The Morgan fingerprint density at radius 2 is 2.00 bits per heavy atom. The van der Waals surface area contributed by atoms with Crippen LogP contribution in [0.5, 0.6) is 0 Å². The Morgan fingerprint density at radius 3 is 2.70 bits per heavy atom. The average Bonchev–Trinajstić information content (AvgIpc) is 2.46. The van der Waals surface area contributed by atoms with E-state index >= 15 is 0 Å². The maximum atomic E-state index is 11.4. The molecule has 0 aliphatic rings. The minimum Gasteiger partial charge on any atom is -0.445 e. The molecule has 0 spiro atoms. The molecule has 112 valence electrons. The van der Waals surface area contributed by atoms with E-state index in [0.717, 1.165) is 5.56 Å². The molecule has 0 bridgehead atoms. The lowest BCUT2D eigenvalue weighted by Gasteiger charge is -2.13. The van der Waals surface area contributed by atoms with E-state index in [-0.39, 0.29) is 6.61 Å². The molecule has 0 heterocycles. The second-order valence-electron chi connectivity index (χ2n) is 4.12. The Balaban J connectivity index is 2.09. The number of carbonyl (C=O) groups excluding carboxylic acids is 1. The number of benzene rings is 1. The molecule has 1 amide bonds. The topological polar surface area (TPSA) is 77.0 Å². The number of carbonyl (C=O) groups is 1. The second-order valence-corrected chi connectivity index (χ2v) is 4.12. The number of aliphatic hydroxyl groups excluding tert-OH is 1. The Kier molecular flexibility index (Phi) is 8.37. The fourth-order valence-electron chi connectivity index (χ4n) is 1.41. The summed E-state index contributed by atoms with van der Waals surface area (Å²) in [5.74, 6) is 0. The standard InChI is InChI=1S/C14H21NO5/c1-18-9-10-19-8-7-13(16)15-14(17)20-11-12-5-3-2-4-6-12/h2-6,13,16H,7-11H2,1H3,(H,15,17). The first-order valence-corrected chi connectivity index (χ1v) is 6.44. The van der Waals surface area contributed by atoms with E-state index < -0.39 is 12.3 Å². The van der Waals surface area contributed by atoms with Crippen molar-refractivity contribution in [3.63, 3.8) is 0 Å². The highest BCUT2D eigenvalue weighted by Gasteiger charge is 2.09. The molecule has 0 aromatic heterocycles. The van der Waals surface area contributed by atoms with Gasteiger partial charge in [-0.3, -0.25) is 5.32 Å². The van der Waals surface area contributed by atoms with Crippen LogP contribution in [-0.4, -0.2) is 44.4 Å². The zero-order valence-electron chi connectivity index (χ0n) is 11.6. The van der Waals surface area contributed by atoms with Crippen LogP contribution in [0.1, 0.15) is 12.0 Å². The largest absolute Gasteiger partial charge is 0.445 e. The van der Waals surface area contributed by atoms with Crippen LogP contribution in [0.4, 0.5) is 4.79 Å². The third kappa shape index (κ3) is 7.73. The highest BCUT2D eigenvalue weighted by Crippen LogP contribution is 2.00. The second kappa shape index (κ2) is 10.2. The quantitative estimate of drug-likeness (QED) is 0.527. The van der Waals surface area contributed by atoms with E-state index in [9.17, 15) is 9.90 Å². The minimum absolute atomic E-state index is 0.170. The highest BCUT2D eigenvalue weighted by atomic mass is 16.6. The van der Waals surface area contributed by atoms with Crippen molar-refractivity contribution in [2.45, 2.75) is 19.3 Å². The first-order valence-electron chi connectivity index (χ1n) is 6.44. The molecule has 1 aromatic carbocycles. The molecule has 6 nitrogen and oxygen atoms in total. The average molecular weight is 283 g/mol. The van der Waals surface area contributed by atoms with E-state index in [2.05, 4.69) is 5.32 Å². The van der Waals surface area contributed by atoms with Crippen molar-refractivity contribution in [3.8, 4) is 0 Å². The van der Waals surface area contributed by atoms with E-state index in [4.69, 9.17) is 14.2 Å². The zero-order chi connectivity index (χ0) is 14.6. The first kappa shape index (κ1) is 16.4. The van der Waals surface area contributed by atoms with Crippen molar-refractivity contribution in [3.05, 3.63) is 35.9 Å². The SMILES string of the molecule is COCCOCCC(O)NC(=O)OCc1ccccc1. The number of methoxy groups -OCH3 is 1. The van der Waals surface area contributed by atoms with E-state index in [1.165, 1.54) is 0 Å². The van der Waals surface area contributed by atoms with Crippen LogP contribution in [-0.2, 0) is 20.8 Å². The van der Waals surface area contributed by atoms with Crippen molar-refractivity contribution in [1.29, 1.82) is 0 Å². The smallest absolute Gasteiger partial charge is 0.409 e. The lowest BCUT2D eigenvalue weighted by atomic mass is 10.2. The minimum atomic E-state index is -0.985. The van der Waals surface area contributed by atoms with Crippen LogP contribution in [0.15, 0.2) is 30.3 Å². The predicted molar refractivity (Wildman–Crippen MR) is 73.1 cm³/mol. The number of nitrogens with one attached hydrogen (secondary N) is 1. The van der Waals surface area contributed by atoms with Crippen LogP contribution >= 0.6 is 0 Å². The van der Waals surface area contributed by atoms with Gasteiger partial charge in [-0.25, -0.2) is 4.79 Å². The number of hydrogen-bond donors (Lipinski definition) is 2. The van der Waals surface area contributed by atoms with Crippen LogP contribution in [0.2, 0.25) is 0 Å². The molecular formula is C14H21NO5. The lowest BCUT2D eigenvalue weighted by Crippen LogP contribution is -2.35. The molecule has 0 fully saturated rings. The van der Waals surface area contributed by atoms with Gasteiger partial charge in [0.15, 0.2) is 0 Å². The third-order valence-corrected chi connectivity index (χ3v) is 2.46. The fraction of sp³-hybridized carbons (Fsp3) is 0.500. The Bertz CT molecular complexity index is 371. The van der Waals surface area contributed by atoms with Crippen molar-refractivity contribution >= 4 is 6.09 Å². The molecule has 1 aromatic rings. The van der Waals surface area contributed by atoms with Gasteiger partial charge >= 0.3 is 6.09 Å². The van der Waals surface area contributed by atoms with E-state index in [1.807, 2.05) is 30.3 Å². The van der Waals surface area contributed by atoms with Gasteiger partial charge in [-0.2, -0.15) is 0 Å². The summed E-state index contributed by atoms with van der Waals surface area (Å²) in [6.07, 6.45) is -1.34. The van der Waals surface area contributed by atoms with Gasteiger partial charge in [0.1, 0.15) is 12.8 Å². The van der Waals surface area contributed by atoms with Gasteiger partial charge < -0.3 is 19.3 Å². The molecule has 6 heteroatoms. The lowest BCUT2D eigenvalue weighted by molar-refractivity contribution is 0.0367. The Morgan fingerprint density at radius 1 is 1.25 bits per heavy atom. The van der Waals surface area contributed by atoms with Crippen molar-refractivity contribution in [2.75, 3.05) is 26.9 Å². The molecule has 20 heavy (non-hydrogen) atoms. The van der Waals surface area contributed by atoms with Gasteiger partial charge in [0.05, 0.1) is 19.8 Å². The number of amides is 1. The molecular weight excluding hydrogens is 262 g/mol. The molecule has 1 atom stereocenters. The molecule has 0 aliphatic carbocycles. The van der Waals surface area contributed by atoms with Gasteiger partial charge in [0.25, 0.3) is 0 Å². The Hall–Kier alpha value is -1.63. The molecule has 2 N–H and O–H groups in total. The van der Waals surface area contributed by atoms with Gasteiger partial charge in [-0.15, -0.1) is 0 Å². The molecule has 1 unspecified atom stereocenters. The fourth-order valence-corrected chi connectivity index (χ4v) is 1.41. The molecule has 1 rings (SSSR count). The summed E-state index contributed by atoms with van der Waals surface area (Å²) in [7, 11) is 1.59. The van der Waals surface area contributed by atoms with E-state index in [1.54, 1.807) is 7.11 Å². The number of hydrogen-bond acceptors (Lipinski definition) is 5. The van der Waals surface area contributed by atoms with Gasteiger partial charge in [-0.1, -0.05) is 30.3 Å². The van der Waals surface area contributed by atoms with Crippen molar-refractivity contribution in [2.24, 2.45) is 0 Å². The van der Waals surface area contributed by atoms with Crippen LogP contribution in [0.3, 0.4) is 0 Å². The van der Waals surface area contributed by atoms with Gasteiger partial charge in [0.2, 0.25) is 0 Å². The van der Waals surface area contributed by atoms with Gasteiger partial charge in [-0.05, 0) is 5.56 Å². The van der Waals surface area contributed by atoms with Crippen LogP contribution in [0.25, 0.3) is 0 Å². The maximum Gasteiger partial charge on any atom is 0.409 e. The number of rotatable bonds is 9. The van der Waals surface area contributed by atoms with Crippen LogP contribution < -0.4 is 5.32 Å². The number of aliphatic hydroxyl groups is 1. The monoisotopic (exact) mass is 283 g/mol. The summed E-state index contributed by atoms with van der Waals surface area (Å²) in [4.78, 5) is 11.4. The van der Waals surface area contributed by atoms with Crippen LogP contribution in [0, 0.1) is 0 Å². The number of ether oxygens (including phenoxy) is 3. The summed E-state index contributed by atoms with van der Waals surface area (Å²) < 4.78 is 15.0. The van der Waals surface area contributed by atoms with E-state index in [0.29, 0.717) is 26.2 Å². The summed E-state index contributed by atoms with van der Waals surface area (Å²) in [6, 6.07) is 9.32. The first-order chi connectivity index (χ1) is 9.72. The summed E-state index contributed by atoms with van der Waals surface area (Å²) in [6.45, 7) is 1.47. The Labute approximate surface area is 118 Å².